The molecule has 0 unspecified atom stereocenters. The summed E-state index contributed by atoms with van der Waals surface area (Å²) in [6.07, 6.45) is 10.0. The van der Waals surface area contributed by atoms with E-state index in [0.717, 1.165) is 6.42 Å². The number of rotatable bonds is 1. The van der Waals surface area contributed by atoms with Gasteiger partial charge in [-0.25, -0.2) is 12.2 Å². The molecule has 0 saturated heterocycles. The molecular weight excluding hydrogens is 853 g/mol. The molecule has 7 aromatic rings. The third-order valence-corrected chi connectivity index (χ3v) is 9.21. The number of benzene rings is 6. The van der Waals surface area contributed by atoms with Crippen LogP contribution in [0.15, 0.2) is 170 Å². The second kappa shape index (κ2) is 19.4. The van der Waals surface area contributed by atoms with E-state index in [2.05, 4.69) is 164 Å². The molecule has 6 heteroatoms. The molecule has 0 nitrogen and oxygen atoms in total. The van der Waals surface area contributed by atoms with Crippen LogP contribution in [0.5, 0.6) is 0 Å². The standard InChI is InChI=1S/C26H18.C13H9.C5H5.4ClH.2Zr/c1-5-13-21-17(9-1)18-10-2-6-14-22(18)25(21)26-23-15-7-3-11-19(23)20-12-4-8-16-24(20)26;1-3-7-12-10(5-1)9-11-6-2-4-8-13(11)12;1-2-4-5-3-1;;;;;;/h1-16,25-26H;1-9H;1-3H,4H2;4*1H;;/q;2*-1;;;;;+2;+3/p-4. The van der Waals surface area contributed by atoms with E-state index in [4.69, 9.17) is 17.0 Å². The van der Waals surface area contributed by atoms with Crippen LogP contribution in [0.3, 0.4) is 0 Å². The second-order valence-electron chi connectivity index (χ2n) is 11.7. The van der Waals surface area contributed by atoms with Crippen molar-refractivity contribution in [2.45, 2.75) is 18.3 Å². The van der Waals surface area contributed by atoms with Crippen molar-refractivity contribution in [3.63, 3.8) is 0 Å². The van der Waals surface area contributed by atoms with Crippen molar-refractivity contribution in [2.24, 2.45) is 0 Å². The monoisotopic (exact) mass is 880 g/mol. The van der Waals surface area contributed by atoms with Crippen LogP contribution in [0.25, 0.3) is 43.8 Å². The van der Waals surface area contributed by atoms with Gasteiger partial charge in [0.15, 0.2) is 0 Å². The van der Waals surface area contributed by atoms with Crippen LogP contribution in [0.1, 0.15) is 40.5 Å². The van der Waals surface area contributed by atoms with Gasteiger partial charge in [-0.1, -0.05) is 133 Å². The van der Waals surface area contributed by atoms with Gasteiger partial charge < -0.3 is 24.8 Å². The largest absolute Gasteiger partial charge is 3.00 e. The molecule has 0 aliphatic heterocycles. The first kappa shape index (κ1) is 40.4. The number of hydrogen-bond donors (Lipinski definition) is 0. The van der Waals surface area contributed by atoms with Gasteiger partial charge >= 0.3 is 64.1 Å². The summed E-state index contributed by atoms with van der Waals surface area (Å²) in [6.45, 7) is 0. The fourth-order valence-corrected chi connectivity index (χ4v) is 7.35. The maximum Gasteiger partial charge on any atom is 3.00 e. The van der Waals surface area contributed by atoms with Gasteiger partial charge in [0, 0.05) is 11.8 Å². The van der Waals surface area contributed by atoms with Crippen molar-refractivity contribution in [3.05, 3.63) is 198 Å². The van der Waals surface area contributed by atoms with Crippen molar-refractivity contribution >= 4 is 38.6 Å². The molecule has 0 aromatic heterocycles. The average Bonchev–Trinajstić information content (AvgIpc) is 3.94. The van der Waals surface area contributed by atoms with E-state index in [9.17, 15) is 0 Å². The molecule has 10 rings (SSSR count). The first-order valence-corrected chi connectivity index (χ1v) is 22.2. The van der Waals surface area contributed by atoms with Crippen molar-refractivity contribution < 1.29 is 71.9 Å². The van der Waals surface area contributed by atoms with Gasteiger partial charge in [-0.05, 0) is 44.5 Å². The fraction of sp³-hybridized carbons (Fsp3) is 0.0682. The molecule has 245 valence electrons. The maximum absolute atomic E-state index is 4.93. The Labute approximate surface area is 345 Å². The van der Waals surface area contributed by atoms with Crippen LogP contribution in [0.4, 0.5) is 0 Å². The molecule has 0 spiro atoms. The Morgan fingerprint density at radius 1 is 0.500 bits per heavy atom. The predicted molar refractivity (Wildman–Crippen MR) is 198 cm³/mol. The van der Waals surface area contributed by atoms with E-state index in [0.29, 0.717) is 11.8 Å². The molecule has 0 saturated carbocycles. The summed E-state index contributed by atoms with van der Waals surface area (Å²) >= 11 is -0.826. The SMILES string of the molecule is [C-]1=CC=CC1.[Cl-].[Cl-].[Cl][Zr][Cl].[Zr+3].c1ccc2c(c1)-c1ccccc1C2C1c2ccccc2-c2ccccc21.c1ccc2c(c1)[cH-]c1ccccc12. The minimum absolute atomic E-state index is 0. The van der Waals surface area contributed by atoms with Gasteiger partial charge in [0.05, 0.1) is 0 Å². The van der Waals surface area contributed by atoms with E-state index in [1.807, 2.05) is 12.2 Å². The van der Waals surface area contributed by atoms with Gasteiger partial charge in [0.1, 0.15) is 0 Å². The zero-order chi connectivity index (χ0) is 32.0. The van der Waals surface area contributed by atoms with Crippen LogP contribution in [-0.2, 0) is 47.1 Å². The van der Waals surface area contributed by atoms with Gasteiger partial charge in [0.25, 0.3) is 0 Å². The van der Waals surface area contributed by atoms with Crippen molar-refractivity contribution in [1.82, 2.24) is 0 Å². The van der Waals surface area contributed by atoms with Gasteiger partial charge in [-0.15, -0.1) is 46.2 Å². The van der Waals surface area contributed by atoms with Gasteiger partial charge in [-0.2, -0.15) is 6.08 Å². The van der Waals surface area contributed by atoms with Crippen LogP contribution in [0.2, 0.25) is 0 Å². The second-order valence-corrected chi connectivity index (χ2v) is 15.4. The topological polar surface area (TPSA) is 0 Å². The summed E-state index contributed by atoms with van der Waals surface area (Å²) < 4.78 is 0. The summed E-state index contributed by atoms with van der Waals surface area (Å²) in [4.78, 5) is 0. The zero-order valence-electron chi connectivity index (χ0n) is 27.0. The van der Waals surface area contributed by atoms with Crippen LogP contribution < -0.4 is 24.8 Å². The molecule has 0 bridgehead atoms. The summed E-state index contributed by atoms with van der Waals surface area (Å²) in [6, 6.07) is 55.1. The van der Waals surface area contributed by atoms with E-state index >= 15 is 0 Å². The predicted octanol–water partition coefficient (Wildman–Crippen LogP) is 7.01. The first-order valence-electron chi connectivity index (χ1n) is 15.9. The molecule has 7 aromatic carbocycles. The van der Waals surface area contributed by atoms with Crippen LogP contribution in [0, 0.1) is 6.08 Å². The Morgan fingerprint density at radius 3 is 1.12 bits per heavy atom. The summed E-state index contributed by atoms with van der Waals surface area (Å²) in [5, 5.41) is 5.39. The maximum atomic E-state index is 4.93. The van der Waals surface area contributed by atoms with E-state index < -0.39 is 20.8 Å². The van der Waals surface area contributed by atoms with Crippen molar-refractivity contribution in [1.29, 1.82) is 0 Å². The Balaban J connectivity index is 0.000000196. The number of allylic oxidation sites excluding steroid dienone is 4. The zero-order valence-corrected chi connectivity index (χ0v) is 35.0. The molecule has 1 radical (unpaired) electrons. The van der Waals surface area contributed by atoms with Crippen molar-refractivity contribution in [3.8, 4) is 22.3 Å². The third kappa shape index (κ3) is 8.29. The number of fused-ring (bicyclic) bond motifs is 9. The minimum atomic E-state index is -0.826. The molecule has 0 fully saturated rings. The van der Waals surface area contributed by atoms with Crippen LogP contribution >= 0.6 is 17.0 Å². The number of halogens is 4. The third-order valence-electron chi connectivity index (χ3n) is 9.21. The fourth-order valence-electron chi connectivity index (χ4n) is 7.35. The number of hydrogen-bond acceptors (Lipinski definition) is 0. The Bertz CT molecular complexity index is 1970. The molecule has 50 heavy (non-hydrogen) atoms. The molecular formula is C44H32Cl4Zr2-. The van der Waals surface area contributed by atoms with Crippen molar-refractivity contribution in [2.75, 3.05) is 0 Å². The van der Waals surface area contributed by atoms with Crippen LogP contribution in [-0.4, -0.2) is 0 Å². The first-order chi connectivity index (χ1) is 23.3. The molecule has 0 atom stereocenters. The molecule has 3 aliphatic carbocycles. The smallest absolute Gasteiger partial charge is 0.126 e. The minimum Gasteiger partial charge on any atom is -0.126 e. The normalized spacial score (nSPS) is 12.5. The molecule has 0 heterocycles. The summed E-state index contributed by atoms with van der Waals surface area (Å²) in [7, 11) is 9.87. The molecule has 3 aliphatic rings. The average molecular weight is 885 g/mol. The van der Waals surface area contributed by atoms with E-state index in [1.165, 1.54) is 66.1 Å². The summed E-state index contributed by atoms with van der Waals surface area (Å²) in [5.41, 5.74) is 11.4. The molecule has 0 amide bonds. The Morgan fingerprint density at radius 2 is 0.820 bits per heavy atom. The summed E-state index contributed by atoms with van der Waals surface area (Å²) in [5.74, 6) is 0.763. The molecule has 0 N–H and O–H groups in total. The Kier molecular flexibility index (Phi) is 15.7. The van der Waals surface area contributed by atoms with E-state index in [-0.39, 0.29) is 51.0 Å². The van der Waals surface area contributed by atoms with Gasteiger partial charge in [-0.3, -0.25) is 6.08 Å². The van der Waals surface area contributed by atoms with E-state index in [1.54, 1.807) is 0 Å². The van der Waals surface area contributed by atoms with Gasteiger partial charge in [0.2, 0.25) is 0 Å². The quantitative estimate of drug-likeness (QED) is 0.156. The Hall–Kier alpha value is -2.40.